The Morgan fingerprint density at radius 2 is 1.14 bits per heavy atom. The maximum atomic E-state index is 13.7. The summed E-state index contributed by atoms with van der Waals surface area (Å²) in [5.41, 5.74) is 7.27. The zero-order valence-corrected chi connectivity index (χ0v) is 32.4. The molecule has 0 bridgehead atoms. The van der Waals surface area contributed by atoms with Crippen molar-refractivity contribution >= 4 is 101 Å². The van der Waals surface area contributed by atoms with Crippen LogP contribution in [0, 0.1) is 0 Å². The van der Waals surface area contributed by atoms with Crippen LogP contribution in [0.2, 0.25) is 0 Å². The first-order chi connectivity index (χ1) is 23.1. The zero-order valence-electron chi connectivity index (χ0n) is 26.7. The molecule has 0 radical (unpaired) electrons. The first-order valence-corrected chi connectivity index (χ1v) is 22.2. The minimum atomic E-state index is -3.92. The Hall–Kier alpha value is -2.50. The Morgan fingerprint density at radius 3 is 1.49 bits per heavy atom. The molecule has 14 nitrogen and oxygen atoms in total. The van der Waals surface area contributed by atoms with Crippen LogP contribution in [-0.4, -0.2) is 63.8 Å². The Kier molecular flexibility index (Phi) is 11.9. The van der Waals surface area contributed by atoms with Crippen molar-refractivity contribution in [1.82, 2.24) is 10.9 Å². The topological polar surface area (TPSA) is 222 Å². The van der Waals surface area contributed by atoms with Crippen molar-refractivity contribution in [1.29, 1.82) is 0 Å². The van der Waals surface area contributed by atoms with Gasteiger partial charge in [0.1, 0.15) is 18.2 Å². The molecule has 5 rings (SSSR count). The van der Waals surface area contributed by atoms with Gasteiger partial charge in [0.15, 0.2) is 11.5 Å². The number of nitrogens with zero attached hydrogens (tertiary/aromatic N) is 2. The Morgan fingerprint density at radius 1 is 0.755 bits per heavy atom. The van der Waals surface area contributed by atoms with Gasteiger partial charge in [-0.1, -0.05) is 27.7 Å². The van der Waals surface area contributed by atoms with Gasteiger partial charge in [-0.05, 0) is 25.0 Å². The largest absolute Gasteiger partial charge is 0.488 e. The molecule has 0 saturated heterocycles. The number of carbonyl (C=O) groups excluding carboxylic acids is 2. The van der Waals surface area contributed by atoms with Crippen LogP contribution in [-0.2, 0) is 20.0 Å². The van der Waals surface area contributed by atoms with Gasteiger partial charge in [-0.2, -0.15) is 10.2 Å². The van der Waals surface area contributed by atoms with Gasteiger partial charge in [0, 0.05) is 34.5 Å². The van der Waals surface area contributed by atoms with Crippen LogP contribution in [0.5, 0.6) is 11.5 Å². The van der Waals surface area contributed by atoms with E-state index in [-0.39, 0.29) is 53.4 Å². The lowest BCUT2D eigenvalue weighted by Gasteiger charge is -2.19. The number of nitrogens with one attached hydrogen (secondary N) is 2. The van der Waals surface area contributed by atoms with Crippen LogP contribution < -0.4 is 30.6 Å². The number of carbonyl (C=O) groups is 2. The fourth-order valence-electron chi connectivity index (χ4n) is 4.70. The second-order valence-corrected chi connectivity index (χ2v) is 21.1. The lowest BCUT2D eigenvalue weighted by molar-refractivity contribution is 0.0945. The number of hydrazone groups is 2. The number of hydrogen-bond donors (Lipinski definition) is 4. The zero-order chi connectivity index (χ0) is 35.7. The van der Waals surface area contributed by atoms with Crippen LogP contribution in [0.25, 0.3) is 0 Å². The lowest BCUT2D eigenvalue weighted by atomic mass is 10.1. The first-order valence-electron chi connectivity index (χ1n) is 14.9. The van der Waals surface area contributed by atoms with E-state index in [4.69, 9.17) is 19.8 Å². The van der Waals surface area contributed by atoms with E-state index in [9.17, 15) is 26.4 Å². The molecule has 3 aromatic rings. The highest BCUT2D eigenvalue weighted by Gasteiger charge is 2.32. The molecule has 3 aromatic heterocycles. The van der Waals surface area contributed by atoms with Gasteiger partial charge in [-0.3, -0.25) is 9.59 Å². The number of fused-ring (bicyclic) bond motifs is 2. The summed E-state index contributed by atoms with van der Waals surface area (Å²) in [4.78, 5) is 27.4. The van der Waals surface area contributed by atoms with Gasteiger partial charge in [0.05, 0.1) is 33.1 Å². The molecule has 0 fully saturated rings. The molecule has 21 heteroatoms. The summed E-state index contributed by atoms with van der Waals surface area (Å²) in [6.07, 6.45) is 2.15. The smallest absolute Gasteiger partial charge is 0.285 e. The molecule has 2 unspecified atom stereocenters. The van der Waals surface area contributed by atoms with Crippen molar-refractivity contribution in [3.63, 3.8) is 0 Å². The molecule has 0 spiro atoms. The SMILES string of the molecule is CCCOc1c(C(=O)N/N=C2/CC(C)Sc3sc(S(N)(=O)=O)cc32)sc(C(=O)N/N=C2\CC(C)Sc3sc(S(N)(=O)=O)cc32)c1OCCC. The van der Waals surface area contributed by atoms with Crippen molar-refractivity contribution in [2.75, 3.05) is 13.2 Å². The molecule has 2 aliphatic rings. The van der Waals surface area contributed by atoms with E-state index in [0.717, 1.165) is 42.4 Å². The lowest BCUT2D eigenvalue weighted by Crippen LogP contribution is -2.23. The molecule has 5 heterocycles. The van der Waals surface area contributed by atoms with Crippen molar-refractivity contribution in [3.8, 4) is 11.5 Å². The highest BCUT2D eigenvalue weighted by atomic mass is 32.3. The molecular weight excluding hydrogens is 773 g/mol. The van der Waals surface area contributed by atoms with E-state index in [1.807, 2.05) is 27.7 Å². The Balaban J connectivity index is 1.47. The molecule has 49 heavy (non-hydrogen) atoms. The third-order valence-corrected chi connectivity index (χ3v) is 15.8. The van der Waals surface area contributed by atoms with Crippen LogP contribution in [0.1, 0.15) is 83.8 Å². The maximum absolute atomic E-state index is 13.7. The van der Waals surface area contributed by atoms with E-state index in [1.165, 1.54) is 35.7 Å². The van der Waals surface area contributed by atoms with Crippen LogP contribution in [0.15, 0.2) is 39.2 Å². The van der Waals surface area contributed by atoms with Gasteiger partial charge < -0.3 is 9.47 Å². The van der Waals surface area contributed by atoms with Gasteiger partial charge in [-0.25, -0.2) is 38.0 Å². The predicted octanol–water partition coefficient (Wildman–Crippen LogP) is 4.78. The summed E-state index contributed by atoms with van der Waals surface area (Å²) >= 11 is 5.98. The number of thiophene rings is 3. The number of ether oxygens (including phenoxy) is 2. The average Bonchev–Trinajstić information content (AvgIpc) is 3.75. The average molecular weight is 807 g/mol. The summed E-state index contributed by atoms with van der Waals surface area (Å²) in [6, 6.07) is 2.92. The minimum absolute atomic E-state index is 0.00472. The number of amides is 2. The second kappa shape index (κ2) is 15.4. The van der Waals surface area contributed by atoms with Crippen molar-refractivity contribution in [3.05, 3.63) is 33.0 Å². The summed E-state index contributed by atoms with van der Waals surface area (Å²) in [7, 11) is -7.84. The van der Waals surface area contributed by atoms with E-state index in [2.05, 4.69) is 21.1 Å². The normalized spacial score (nSPS) is 19.4. The minimum Gasteiger partial charge on any atom is -0.488 e. The van der Waals surface area contributed by atoms with E-state index in [0.29, 0.717) is 48.2 Å². The first kappa shape index (κ1) is 37.7. The van der Waals surface area contributed by atoms with Gasteiger partial charge in [-0.15, -0.1) is 57.5 Å². The monoisotopic (exact) mass is 806 g/mol. The van der Waals surface area contributed by atoms with Gasteiger partial charge in [0.25, 0.3) is 11.8 Å². The Bertz CT molecular complexity index is 1910. The summed E-state index contributed by atoms with van der Waals surface area (Å²) in [6.45, 7) is 8.21. The molecule has 0 aromatic carbocycles. The molecule has 0 saturated carbocycles. The molecule has 6 N–H and O–H groups in total. The molecule has 266 valence electrons. The fraction of sp³-hybridized carbons (Fsp3) is 0.429. The van der Waals surface area contributed by atoms with E-state index < -0.39 is 31.9 Å². The molecule has 2 atom stereocenters. The molecule has 2 amide bonds. The standard InChI is InChI=1S/C28H34N6O8S7/c1-5-7-41-21-22(42-8-6-2)24(26(36)34-32-18-10-14(4)44-28-16(18)12-20(46-28)49(30,39)40)47-23(21)25(35)33-31-17-9-13(3)43-27-15(17)11-19(45-27)48(29,37)38/h11-14H,5-10H2,1-4H3,(H,33,35)(H,34,36)(H2,29,37,38)(H2,30,39,40)/b31-17-,32-18+. The molecule has 0 aliphatic carbocycles. The van der Waals surface area contributed by atoms with Crippen LogP contribution in [0.4, 0.5) is 0 Å². The predicted molar refractivity (Wildman–Crippen MR) is 195 cm³/mol. The summed E-state index contributed by atoms with van der Waals surface area (Å²) in [5.74, 6) is -1.11. The summed E-state index contributed by atoms with van der Waals surface area (Å²) < 4.78 is 61.4. The maximum Gasteiger partial charge on any atom is 0.285 e. The van der Waals surface area contributed by atoms with Crippen LogP contribution >= 0.6 is 57.5 Å². The van der Waals surface area contributed by atoms with Crippen LogP contribution in [0.3, 0.4) is 0 Å². The van der Waals surface area contributed by atoms with Gasteiger partial charge in [0.2, 0.25) is 20.0 Å². The van der Waals surface area contributed by atoms with E-state index >= 15 is 0 Å². The molecule has 2 aliphatic heterocycles. The second-order valence-electron chi connectivity index (χ2n) is 11.0. The van der Waals surface area contributed by atoms with Crippen molar-refractivity contribution in [2.45, 2.75) is 80.7 Å². The van der Waals surface area contributed by atoms with Crippen molar-refractivity contribution < 1.29 is 35.9 Å². The van der Waals surface area contributed by atoms with Crippen molar-refractivity contribution in [2.24, 2.45) is 20.5 Å². The third-order valence-electron chi connectivity index (χ3n) is 6.83. The highest BCUT2D eigenvalue weighted by molar-refractivity contribution is 8.02. The number of thioether (sulfide) groups is 2. The number of rotatable bonds is 12. The number of hydrogen-bond acceptors (Lipinski definition) is 15. The third kappa shape index (κ3) is 8.70. The number of primary sulfonamides is 2. The number of sulfonamides is 2. The van der Waals surface area contributed by atoms with Gasteiger partial charge >= 0.3 is 0 Å². The van der Waals surface area contributed by atoms with E-state index in [1.54, 1.807) is 0 Å². The number of nitrogens with two attached hydrogens (primary N) is 2. The summed E-state index contributed by atoms with van der Waals surface area (Å²) in [5, 5.41) is 19.6. The fourth-order valence-corrected chi connectivity index (χ4v) is 13.0. The highest BCUT2D eigenvalue weighted by Crippen LogP contribution is 2.45. The Labute approximate surface area is 304 Å². The quantitative estimate of drug-likeness (QED) is 0.184. The molecular formula is C28H34N6O8S7.